The number of thioether (sulfide) groups is 2. The first-order chi connectivity index (χ1) is 9.81. The van der Waals surface area contributed by atoms with Crippen LogP contribution >= 0.6 is 23.5 Å². The molecular weight excluding hydrogens is 312 g/mol. The lowest BCUT2D eigenvalue weighted by molar-refractivity contribution is -0.136. The molecule has 2 aliphatic heterocycles. The quantitative estimate of drug-likeness (QED) is 0.437. The van der Waals surface area contributed by atoms with Gasteiger partial charge in [-0.3, -0.25) is 24.2 Å². The molecule has 0 aromatic rings. The third-order valence-electron chi connectivity index (χ3n) is 2.73. The number of rotatable bonds is 3. The zero-order valence-electron chi connectivity index (χ0n) is 11.8. The van der Waals surface area contributed by atoms with E-state index in [1.165, 1.54) is 23.7 Å². The maximum absolute atomic E-state index is 12.0. The molecule has 0 aromatic carbocycles. The van der Waals surface area contributed by atoms with E-state index < -0.39 is 11.0 Å². The second kappa shape index (κ2) is 6.02. The van der Waals surface area contributed by atoms with Crippen LogP contribution in [0.5, 0.6) is 0 Å². The van der Waals surface area contributed by atoms with E-state index in [0.717, 1.165) is 22.2 Å². The van der Waals surface area contributed by atoms with Gasteiger partial charge in [0, 0.05) is 13.6 Å². The number of carbonyl (C=O) groups excluding carboxylic acids is 3. The summed E-state index contributed by atoms with van der Waals surface area (Å²) < 4.78 is 0. The van der Waals surface area contributed by atoms with Gasteiger partial charge in [-0.15, -0.1) is 10.2 Å². The molecule has 2 heterocycles. The minimum absolute atomic E-state index is 0.0541. The molecule has 0 aliphatic carbocycles. The fourth-order valence-corrected chi connectivity index (χ4v) is 3.28. The standard InChI is InChI=1S/C12H14N4O3S2/c1-6(2)5-16-8(17)7(3)20-12(16)14-13-11-15(4)9(18)10(19)21-11/h7H,1,5H2,2-4H3. The van der Waals surface area contributed by atoms with Gasteiger partial charge in [-0.05, 0) is 25.6 Å². The van der Waals surface area contributed by atoms with Crippen LogP contribution in [0.2, 0.25) is 0 Å². The molecule has 9 heteroatoms. The number of amides is 2. The highest BCUT2D eigenvalue weighted by Gasteiger charge is 2.36. The molecule has 2 fully saturated rings. The summed E-state index contributed by atoms with van der Waals surface area (Å²) in [5.74, 6) is -0.678. The van der Waals surface area contributed by atoms with Crippen molar-refractivity contribution in [1.82, 2.24) is 9.80 Å². The number of amidine groups is 2. The highest BCUT2D eigenvalue weighted by Crippen LogP contribution is 2.28. The first-order valence-electron chi connectivity index (χ1n) is 6.09. The van der Waals surface area contributed by atoms with Crippen LogP contribution in [0.1, 0.15) is 13.8 Å². The molecule has 1 unspecified atom stereocenters. The van der Waals surface area contributed by atoms with Gasteiger partial charge in [0.05, 0.1) is 5.25 Å². The first-order valence-corrected chi connectivity index (χ1v) is 7.78. The molecule has 0 saturated carbocycles. The van der Waals surface area contributed by atoms with Gasteiger partial charge in [-0.2, -0.15) is 0 Å². The Morgan fingerprint density at radius 3 is 2.43 bits per heavy atom. The SMILES string of the molecule is C=C(C)CN1C(=O)C(C)SC1=NN=C1SC(=O)C(=O)N1C. The summed E-state index contributed by atoms with van der Waals surface area (Å²) in [5, 5.41) is 7.78. The number of nitrogens with zero attached hydrogens (tertiary/aromatic N) is 4. The number of hydrogen-bond acceptors (Lipinski definition) is 7. The average Bonchev–Trinajstić information content (AvgIpc) is 2.81. The van der Waals surface area contributed by atoms with Crippen LogP contribution in [0.4, 0.5) is 0 Å². The zero-order valence-corrected chi connectivity index (χ0v) is 13.5. The lowest BCUT2D eigenvalue weighted by atomic mass is 10.3. The summed E-state index contributed by atoms with van der Waals surface area (Å²) in [6, 6.07) is 0. The van der Waals surface area contributed by atoms with Gasteiger partial charge in [0.1, 0.15) is 0 Å². The van der Waals surface area contributed by atoms with Crippen LogP contribution in [0, 0.1) is 0 Å². The molecule has 21 heavy (non-hydrogen) atoms. The van der Waals surface area contributed by atoms with Crippen molar-refractivity contribution in [2.75, 3.05) is 13.6 Å². The van der Waals surface area contributed by atoms with E-state index in [9.17, 15) is 14.4 Å². The molecule has 2 saturated heterocycles. The third-order valence-corrected chi connectivity index (χ3v) is 4.69. The summed E-state index contributed by atoms with van der Waals surface area (Å²) in [7, 11) is 1.46. The summed E-state index contributed by atoms with van der Waals surface area (Å²) in [4.78, 5) is 37.3. The van der Waals surface area contributed by atoms with Crippen molar-refractivity contribution in [2.45, 2.75) is 19.1 Å². The van der Waals surface area contributed by atoms with Crippen LogP contribution in [-0.4, -0.2) is 55.9 Å². The van der Waals surface area contributed by atoms with Crippen molar-refractivity contribution >= 4 is 50.8 Å². The van der Waals surface area contributed by atoms with Gasteiger partial charge >= 0.3 is 5.91 Å². The van der Waals surface area contributed by atoms with Crippen LogP contribution in [0.15, 0.2) is 22.4 Å². The Kier molecular flexibility index (Phi) is 4.52. The Morgan fingerprint density at radius 2 is 1.90 bits per heavy atom. The van der Waals surface area contributed by atoms with Crippen molar-refractivity contribution < 1.29 is 14.4 Å². The zero-order chi connectivity index (χ0) is 15.7. The summed E-state index contributed by atoms with van der Waals surface area (Å²) in [6.45, 7) is 7.77. The largest absolute Gasteiger partial charge is 0.307 e. The van der Waals surface area contributed by atoms with Gasteiger partial charge in [0.15, 0.2) is 5.17 Å². The predicted octanol–water partition coefficient (Wildman–Crippen LogP) is 0.885. The van der Waals surface area contributed by atoms with E-state index in [0.29, 0.717) is 11.7 Å². The van der Waals surface area contributed by atoms with E-state index >= 15 is 0 Å². The molecule has 0 N–H and O–H groups in total. The minimum atomic E-state index is -0.624. The van der Waals surface area contributed by atoms with Gasteiger partial charge in [0.25, 0.3) is 5.12 Å². The molecule has 0 bridgehead atoms. The molecule has 2 amide bonds. The minimum Gasteiger partial charge on any atom is -0.285 e. The molecule has 2 rings (SSSR count). The lowest BCUT2D eigenvalue weighted by Crippen LogP contribution is -2.32. The van der Waals surface area contributed by atoms with Crippen LogP contribution in [0.3, 0.4) is 0 Å². The van der Waals surface area contributed by atoms with Crippen molar-refractivity contribution in [3.8, 4) is 0 Å². The van der Waals surface area contributed by atoms with E-state index in [4.69, 9.17) is 0 Å². The summed E-state index contributed by atoms with van der Waals surface area (Å²) >= 11 is 2.02. The first kappa shape index (κ1) is 15.8. The van der Waals surface area contributed by atoms with Crippen LogP contribution in [0.25, 0.3) is 0 Å². The smallest absolute Gasteiger partial charge is 0.285 e. The molecule has 0 aromatic heterocycles. The Balaban J connectivity index is 2.23. The number of carbonyl (C=O) groups is 3. The Labute approximate surface area is 130 Å². The summed E-state index contributed by atoms with van der Waals surface area (Å²) in [6.07, 6.45) is 0. The van der Waals surface area contributed by atoms with Gasteiger partial charge in [-0.1, -0.05) is 23.9 Å². The Bertz CT molecular complexity index is 599. The van der Waals surface area contributed by atoms with E-state index in [-0.39, 0.29) is 16.3 Å². The maximum Gasteiger partial charge on any atom is 0.307 e. The van der Waals surface area contributed by atoms with E-state index in [2.05, 4.69) is 16.8 Å². The molecule has 112 valence electrons. The van der Waals surface area contributed by atoms with Gasteiger partial charge in [-0.25, -0.2) is 0 Å². The normalized spacial score (nSPS) is 26.6. The number of likely N-dealkylation sites (N-methyl/N-ethyl adjacent to an activating group) is 1. The molecule has 1 atom stereocenters. The van der Waals surface area contributed by atoms with Gasteiger partial charge in [0.2, 0.25) is 11.1 Å². The molecule has 0 radical (unpaired) electrons. The highest BCUT2D eigenvalue weighted by molar-refractivity contribution is 8.28. The lowest BCUT2D eigenvalue weighted by Gasteiger charge is -2.15. The second-order valence-electron chi connectivity index (χ2n) is 4.66. The van der Waals surface area contributed by atoms with E-state index in [1.807, 2.05) is 6.92 Å². The number of hydrogen-bond donors (Lipinski definition) is 0. The molecule has 0 spiro atoms. The van der Waals surface area contributed by atoms with Gasteiger partial charge < -0.3 is 0 Å². The second-order valence-corrected chi connectivity index (χ2v) is 6.91. The Hall–Kier alpha value is -1.61. The van der Waals surface area contributed by atoms with Crippen molar-refractivity contribution in [2.24, 2.45) is 10.2 Å². The average molecular weight is 326 g/mol. The fourth-order valence-electron chi connectivity index (χ4n) is 1.67. The van der Waals surface area contributed by atoms with Crippen molar-refractivity contribution in [1.29, 1.82) is 0 Å². The monoisotopic (exact) mass is 326 g/mol. The third kappa shape index (κ3) is 3.18. The summed E-state index contributed by atoms with van der Waals surface area (Å²) in [5.41, 5.74) is 0.830. The Morgan fingerprint density at radius 1 is 1.29 bits per heavy atom. The van der Waals surface area contributed by atoms with Crippen molar-refractivity contribution in [3.63, 3.8) is 0 Å². The highest BCUT2D eigenvalue weighted by atomic mass is 32.2. The molecule has 7 nitrogen and oxygen atoms in total. The van der Waals surface area contributed by atoms with Crippen molar-refractivity contribution in [3.05, 3.63) is 12.2 Å². The van der Waals surface area contributed by atoms with Crippen LogP contribution < -0.4 is 0 Å². The predicted molar refractivity (Wildman–Crippen MR) is 83.8 cm³/mol. The topological polar surface area (TPSA) is 82.4 Å². The molecular formula is C12H14N4O3S2. The van der Waals surface area contributed by atoms with E-state index in [1.54, 1.807) is 6.92 Å². The molecule has 2 aliphatic rings. The van der Waals surface area contributed by atoms with Crippen LogP contribution in [-0.2, 0) is 14.4 Å². The fraction of sp³-hybridized carbons (Fsp3) is 0.417. The maximum atomic E-state index is 12.0.